The number of carbonyl (C=O) groups excluding carboxylic acids is 1. The van der Waals surface area contributed by atoms with E-state index in [-0.39, 0.29) is 11.7 Å². The zero-order valence-corrected chi connectivity index (χ0v) is 19.3. The molecule has 34 heavy (non-hydrogen) atoms. The van der Waals surface area contributed by atoms with E-state index in [1.165, 1.54) is 0 Å². The van der Waals surface area contributed by atoms with Crippen molar-refractivity contribution in [2.45, 2.75) is 45.8 Å². The molecule has 0 bridgehead atoms. The molecule has 0 spiro atoms. The molecule has 2 N–H and O–H groups in total. The summed E-state index contributed by atoms with van der Waals surface area (Å²) in [6, 6.07) is 13.0. The first-order chi connectivity index (χ1) is 16.2. The standard InChI is InChI=1S/C24H25N5O5/c1-5-17(26-23(32)33-24(2,3)4)19-27-20(34-28-19)14-11-12-16-18(13-14)25-22(31)29(21(16)30)15-9-7-6-8-10-15/h6-13,17H,5H2,1-4H3,(H,25,31)(H,26,32). The molecule has 10 heteroatoms. The molecule has 0 saturated carbocycles. The normalized spacial score (nSPS) is 12.5. The van der Waals surface area contributed by atoms with Crippen LogP contribution in [0.25, 0.3) is 28.0 Å². The number of fused-ring (bicyclic) bond motifs is 1. The van der Waals surface area contributed by atoms with E-state index in [9.17, 15) is 14.4 Å². The van der Waals surface area contributed by atoms with Gasteiger partial charge < -0.3 is 19.6 Å². The number of ether oxygens (including phenoxy) is 1. The van der Waals surface area contributed by atoms with Gasteiger partial charge in [-0.1, -0.05) is 30.3 Å². The predicted octanol–water partition coefficient (Wildman–Crippen LogP) is 3.70. The van der Waals surface area contributed by atoms with Gasteiger partial charge in [0.25, 0.3) is 11.4 Å². The van der Waals surface area contributed by atoms with Gasteiger partial charge in [0, 0.05) is 5.56 Å². The summed E-state index contributed by atoms with van der Waals surface area (Å²) < 4.78 is 11.8. The van der Waals surface area contributed by atoms with Crippen molar-refractivity contribution in [2.24, 2.45) is 0 Å². The number of amides is 1. The molecule has 1 unspecified atom stereocenters. The number of rotatable bonds is 5. The molecule has 10 nitrogen and oxygen atoms in total. The minimum atomic E-state index is -0.633. The topological polar surface area (TPSA) is 132 Å². The molecule has 4 aromatic rings. The maximum Gasteiger partial charge on any atom is 0.408 e. The van der Waals surface area contributed by atoms with E-state index in [0.717, 1.165) is 4.57 Å². The number of aromatic amines is 1. The minimum absolute atomic E-state index is 0.189. The molecule has 0 aliphatic heterocycles. The van der Waals surface area contributed by atoms with Crippen molar-refractivity contribution in [3.05, 3.63) is 75.2 Å². The summed E-state index contributed by atoms with van der Waals surface area (Å²) in [5, 5.41) is 7.06. The molecular weight excluding hydrogens is 438 g/mol. The van der Waals surface area contributed by atoms with Gasteiger partial charge in [0.1, 0.15) is 5.60 Å². The average molecular weight is 463 g/mol. The van der Waals surface area contributed by atoms with Crippen molar-refractivity contribution in [3.8, 4) is 17.1 Å². The first-order valence-electron chi connectivity index (χ1n) is 10.8. The zero-order chi connectivity index (χ0) is 24.5. The molecule has 4 rings (SSSR count). The highest BCUT2D eigenvalue weighted by atomic mass is 16.6. The van der Waals surface area contributed by atoms with Crippen LogP contribution >= 0.6 is 0 Å². The zero-order valence-electron chi connectivity index (χ0n) is 19.3. The van der Waals surface area contributed by atoms with Gasteiger partial charge in [-0.3, -0.25) is 4.79 Å². The smallest absolute Gasteiger partial charge is 0.408 e. The molecule has 1 atom stereocenters. The number of hydrogen-bond acceptors (Lipinski definition) is 7. The average Bonchev–Trinajstić information content (AvgIpc) is 3.27. The van der Waals surface area contributed by atoms with E-state index in [2.05, 4.69) is 20.4 Å². The Bertz CT molecular complexity index is 1450. The van der Waals surface area contributed by atoms with E-state index in [1.807, 2.05) is 6.92 Å². The Labute approximate surface area is 194 Å². The number of nitrogens with one attached hydrogen (secondary N) is 2. The third-order valence-corrected chi connectivity index (χ3v) is 5.01. The van der Waals surface area contributed by atoms with Gasteiger partial charge >= 0.3 is 11.8 Å². The lowest BCUT2D eigenvalue weighted by Gasteiger charge is -2.21. The van der Waals surface area contributed by atoms with E-state index in [0.29, 0.717) is 28.6 Å². The van der Waals surface area contributed by atoms with Crippen LogP contribution in [0.2, 0.25) is 0 Å². The van der Waals surface area contributed by atoms with Crippen LogP contribution in [-0.4, -0.2) is 31.4 Å². The fourth-order valence-corrected chi connectivity index (χ4v) is 3.46. The van der Waals surface area contributed by atoms with Crippen LogP contribution in [0.1, 0.15) is 46.0 Å². The molecular formula is C24H25N5O5. The molecule has 176 valence electrons. The first-order valence-corrected chi connectivity index (χ1v) is 10.8. The summed E-state index contributed by atoms with van der Waals surface area (Å²) in [6.07, 6.45) is -0.0638. The predicted molar refractivity (Wildman–Crippen MR) is 126 cm³/mol. The Balaban J connectivity index is 1.64. The Hall–Kier alpha value is -4.21. The molecule has 0 radical (unpaired) electrons. The van der Waals surface area contributed by atoms with Crippen LogP contribution in [0, 0.1) is 0 Å². The number of alkyl carbamates (subject to hydrolysis) is 1. The van der Waals surface area contributed by atoms with Gasteiger partial charge in [0.05, 0.1) is 22.6 Å². The van der Waals surface area contributed by atoms with Crippen LogP contribution in [0.15, 0.2) is 62.6 Å². The number of benzene rings is 2. The van der Waals surface area contributed by atoms with Gasteiger partial charge in [0.15, 0.2) is 5.82 Å². The highest BCUT2D eigenvalue weighted by Crippen LogP contribution is 2.23. The molecule has 0 aliphatic carbocycles. The minimum Gasteiger partial charge on any atom is -0.444 e. The fraction of sp³-hybridized carbons (Fsp3) is 0.292. The molecule has 0 saturated heterocycles. The number of nitrogens with zero attached hydrogens (tertiary/aromatic N) is 3. The molecule has 2 heterocycles. The lowest BCUT2D eigenvalue weighted by atomic mass is 10.1. The highest BCUT2D eigenvalue weighted by molar-refractivity contribution is 5.82. The van der Waals surface area contributed by atoms with Crippen LogP contribution in [-0.2, 0) is 4.74 Å². The Morgan fingerprint density at radius 3 is 2.59 bits per heavy atom. The van der Waals surface area contributed by atoms with Crippen molar-refractivity contribution in [3.63, 3.8) is 0 Å². The maximum absolute atomic E-state index is 13.0. The lowest BCUT2D eigenvalue weighted by Crippen LogP contribution is -2.35. The lowest BCUT2D eigenvalue weighted by molar-refractivity contribution is 0.0499. The van der Waals surface area contributed by atoms with Crippen LogP contribution < -0.4 is 16.6 Å². The number of aromatic nitrogens is 4. The van der Waals surface area contributed by atoms with Crippen LogP contribution in [0.4, 0.5) is 4.79 Å². The van der Waals surface area contributed by atoms with Crippen molar-refractivity contribution in [2.75, 3.05) is 0 Å². The SMILES string of the molecule is CCC(NC(=O)OC(C)(C)C)c1noc(-c2ccc3c(=O)n(-c4ccccc4)c(=O)[nH]c3c2)n1. The van der Waals surface area contributed by atoms with E-state index < -0.39 is 29.0 Å². The fourth-order valence-electron chi connectivity index (χ4n) is 3.46. The molecule has 0 fully saturated rings. The Kier molecular flexibility index (Phi) is 6.06. The van der Waals surface area contributed by atoms with Crippen LogP contribution in [0.5, 0.6) is 0 Å². The Morgan fingerprint density at radius 1 is 1.18 bits per heavy atom. The van der Waals surface area contributed by atoms with Gasteiger partial charge in [-0.2, -0.15) is 4.98 Å². The van der Waals surface area contributed by atoms with Crippen molar-refractivity contribution in [1.82, 2.24) is 25.0 Å². The van der Waals surface area contributed by atoms with Gasteiger partial charge in [-0.15, -0.1) is 0 Å². The first kappa shape index (κ1) is 23.0. The molecule has 2 aromatic carbocycles. The van der Waals surface area contributed by atoms with Gasteiger partial charge in [0.2, 0.25) is 0 Å². The van der Waals surface area contributed by atoms with Crippen LogP contribution in [0.3, 0.4) is 0 Å². The number of para-hydroxylation sites is 1. The van der Waals surface area contributed by atoms with Crippen molar-refractivity contribution >= 4 is 17.0 Å². The maximum atomic E-state index is 13.0. The summed E-state index contributed by atoms with van der Waals surface area (Å²) in [5.74, 6) is 0.478. The number of carbonyl (C=O) groups is 1. The largest absolute Gasteiger partial charge is 0.444 e. The third-order valence-electron chi connectivity index (χ3n) is 5.01. The second kappa shape index (κ2) is 8.97. The summed E-state index contributed by atoms with van der Waals surface area (Å²) >= 11 is 0. The van der Waals surface area contributed by atoms with Crippen molar-refractivity contribution in [1.29, 1.82) is 0 Å². The quantitative estimate of drug-likeness (QED) is 0.461. The van der Waals surface area contributed by atoms with E-state index in [1.54, 1.807) is 69.3 Å². The van der Waals surface area contributed by atoms with Gasteiger partial charge in [-0.05, 0) is 57.5 Å². The molecule has 1 amide bonds. The molecule has 0 aliphatic rings. The Morgan fingerprint density at radius 2 is 1.91 bits per heavy atom. The third kappa shape index (κ3) is 4.75. The number of H-pyrrole nitrogens is 1. The second-order valence-corrected chi connectivity index (χ2v) is 8.73. The monoisotopic (exact) mass is 463 g/mol. The highest BCUT2D eigenvalue weighted by Gasteiger charge is 2.23. The second-order valence-electron chi connectivity index (χ2n) is 8.73. The van der Waals surface area contributed by atoms with Crippen molar-refractivity contribution < 1.29 is 14.1 Å². The summed E-state index contributed by atoms with van der Waals surface area (Å²) in [5.41, 5.74) is -0.283. The summed E-state index contributed by atoms with van der Waals surface area (Å²) in [4.78, 5) is 44.9. The summed E-state index contributed by atoms with van der Waals surface area (Å²) in [7, 11) is 0. The summed E-state index contributed by atoms with van der Waals surface area (Å²) in [6.45, 7) is 7.20. The number of hydrogen-bond donors (Lipinski definition) is 2. The molecule has 2 aromatic heterocycles. The van der Waals surface area contributed by atoms with E-state index in [4.69, 9.17) is 9.26 Å². The van der Waals surface area contributed by atoms with E-state index >= 15 is 0 Å². The van der Waals surface area contributed by atoms with Gasteiger partial charge in [-0.25, -0.2) is 14.2 Å².